The summed E-state index contributed by atoms with van der Waals surface area (Å²) < 4.78 is 40.7. The molecule has 0 bridgehead atoms. The Morgan fingerprint density at radius 2 is 1.89 bits per heavy atom. The lowest BCUT2D eigenvalue weighted by atomic mass is 10.1. The fraction of sp³-hybridized carbons (Fsp3) is 0.462. The van der Waals surface area contributed by atoms with Crippen LogP contribution in [0, 0.1) is 0 Å². The van der Waals surface area contributed by atoms with Crippen molar-refractivity contribution in [1.82, 2.24) is 0 Å². The van der Waals surface area contributed by atoms with Crippen molar-refractivity contribution in [3.05, 3.63) is 35.9 Å². The first kappa shape index (κ1) is 14.7. The maximum atomic E-state index is 11.9. The molecule has 0 fully saturated rings. The lowest BCUT2D eigenvalue weighted by Crippen LogP contribution is -2.22. The maximum Gasteiger partial charge on any atom is 0.389 e. The van der Waals surface area contributed by atoms with Gasteiger partial charge in [0.1, 0.15) is 6.10 Å². The number of halogens is 3. The van der Waals surface area contributed by atoms with E-state index >= 15 is 0 Å². The van der Waals surface area contributed by atoms with Crippen molar-refractivity contribution in [3.8, 4) is 0 Å². The summed E-state index contributed by atoms with van der Waals surface area (Å²) in [7, 11) is 0. The van der Waals surface area contributed by atoms with Crippen LogP contribution in [0.3, 0.4) is 0 Å². The molecule has 5 heteroatoms. The number of ketones is 1. The molecule has 0 N–H and O–H groups in total. The highest BCUT2D eigenvalue weighted by molar-refractivity contribution is 5.99. The number of alkyl halides is 3. The zero-order chi connectivity index (χ0) is 13.6. The molecule has 1 aromatic carbocycles. The topological polar surface area (TPSA) is 26.3 Å². The number of carbonyl (C=O) groups is 1. The average Bonchev–Trinajstić information content (AvgIpc) is 2.33. The average molecular weight is 260 g/mol. The zero-order valence-electron chi connectivity index (χ0n) is 10.0. The molecule has 1 aromatic rings. The summed E-state index contributed by atoms with van der Waals surface area (Å²) >= 11 is 0. The Labute approximate surface area is 104 Å². The van der Waals surface area contributed by atoms with Crippen molar-refractivity contribution in [3.63, 3.8) is 0 Å². The Hall–Kier alpha value is -1.36. The van der Waals surface area contributed by atoms with Gasteiger partial charge in [-0.25, -0.2) is 0 Å². The summed E-state index contributed by atoms with van der Waals surface area (Å²) in [6.45, 7) is 1.47. The summed E-state index contributed by atoms with van der Waals surface area (Å²) in [6, 6.07) is 8.54. The van der Waals surface area contributed by atoms with Crippen molar-refractivity contribution in [2.45, 2.75) is 32.0 Å². The third-order valence-electron chi connectivity index (χ3n) is 2.40. The minimum absolute atomic E-state index is 0.0702. The summed E-state index contributed by atoms with van der Waals surface area (Å²) in [5.74, 6) is -0.220. The van der Waals surface area contributed by atoms with Gasteiger partial charge in [-0.05, 0) is 13.3 Å². The molecule has 1 atom stereocenters. The molecule has 100 valence electrons. The van der Waals surface area contributed by atoms with Gasteiger partial charge >= 0.3 is 6.18 Å². The van der Waals surface area contributed by atoms with E-state index in [0.717, 1.165) is 0 Å². The van der Waals surface area contributed by atoms with Crippen molar-refractivity contribution in [2.24, 2.45) is 0 Å². The van der Waals surface area contributed by atoms with Gasteiger partial charge in [0.25, 0.3) is 0 Å². The second kappa shape index (κ2) is 6.54. The van der Waals surface area contributed by atoms with E-state index < -0.39 is 18.7 Å². The molecule has 0 heterocycles. The Morgan fingerprint density at radius 3 is 2.44 bits per heavy atom. The SMILES string of the molecule is CC(OCCCC(F)(F)F)C(=O)c1ccccc1. The van der Waals surface area contributed by atoms with Gasteiger partial charge in [0.2, 0.25) is 0 Å². The normalized spacial score (nSPS) is 13.3. The van der Waals surface area contributed by atoms with E-state index in [-0.39, 0.29) is 18.8 Å². The number of hydrogen-bond acceptors (Lipinski definition) is 2. The molecule has 0 saturated carbocycles. The van der Waals surface area contributed by atoms with Gasteiger partial charge in [-0.15, -0.1) is 0 Å². The third kappa shape index (κ3) is 5.31. The van der Waals surface area contributed by atoms with Crippen LogP contribution in [0.15, 0.2) is 30.3 Å². The Morgan fingerprint density at radius 1 is 1.28 bits per heavy atom. The van der Waals surface area contributed by atoms with E-state index in [1.165, 1.54) is 0 Å². The van der Waals surface area contributed by atoms with Crippen LogP contribution in [0.25, 0.3) is 0 Å². The number of hydrogen-bond donors (Lipinski definition) is 0. The number of carbonyl (C=O) groups excluding carboxylic acids is 1. The molecule has 0 saturated heterocycles. The van der Waals surface area contributed by atoms with Gasteiger partial charge in [-0.1, -0.05) is 30.3 Å². The highest BCUT2D eigenvalue weighted by Crippen LogP contribution is 2.21. The summed E-state index contributed by atoms with van der Waals surface area (Å²) in [6.07, 6.45) is -5.91. The maximum absolute atomic E-state index is 11.9. The van der Waals surface area contributed by atoms with Gasteiger partial charge in [0.05, 0.1) is 0 Å². The molecule has 2 nitrogen and oxygen atoms in total. The van der Waals surface area contributed by atoms with Crippen LogP contribution in [0.5, 0.6) is 0 Å². The fourth-order valence-electron chi connectivity index (χ4n) is 1.45. The van der Waals surface area contributed by atoms with Crippen LogP contribution >= 0.6 is 0 Å². The lowest BCUT2D eigenvalue weighted by Gasteiger charge is -2.12. The van der Waals surface area contributed by atoms with Crippen molar-refractivity contribution in [2.75, 3.05) is 6.61 Å². The number of Topliss-reactive ketones (excluding diaryl/α,β-unsaturated/α-hetero) is 1. The molecule has 18 heavy (non-hydrogen) atoms. The summed E-state index contributed by atoms with van der Waals surface area (Å²) in [4.78, 5) is 11.8. The second-order valence-electron chi connectivity index (χ2n) is 3.96. The van der Waals surface area contributed by atoms with Crippen LogP contribution < -0.4 is 0 Å². The quantitative estimate of drug-likeness (QED) is 0.577. The zero-order valence-corrected chi connectivity index (χ0v) is 10.0. The molecule has 0 spiro atoms. The Kier molecular flexibility index (Phi) is 5.34. The van der Waals surface area contributed by atoms with Crippen molar-refractivity contribution >= 4 is 5.78 Å². The smallest absolute Gasteiger partial charge is 0.370 e. The molecule has 0 radical (unpaired) electrons. The van der Waals surface area contributed by atoms with E-state index in [1.54, 1.807) is 37.3 Å². The highest BCUT2D eigenvalue weighted by atomic mass is 19.4. The first-order valence-electron chi connectivity index (χ1n) is 5.68. The Bertz CT molecular complexity index is 374. The molecule has 0 aliphatic heterocycles. The second-order valence-corrected chi connectivity index (χ2v) is 3.96. The molecule has 0 aliphatic rings. The largest absolute Gasteiger partial charge is 0.389 e. The predicted octanol–water partition coefficient (Wildman–Crippen LogP) is 3.62. The van der Waals surface area contributed by atoms with E-state index in [9.17, 15) is 18.0 Å². The van der Waals surface area contributed by atoms with Crippen LogP contribution in [0.4, 0.5) is 13.2 Å². The number of ether oxygens (including phenoxy) is 1. The first-order chi connectivity index (χ1) is 8.40. The van der Waals surface area contributed by atoms with E-state index in [2.05, 4.69) is 0 Å². The van der Waals surface area contributed by atoms with Crippen molar-refractivity contribution in [1.29, 1.82) is 0 Å². The summed E-state index contributed by atoms with van der Waals surface area (Å²) in [5.41, 5.74) is 0.501. The van der Waals surface area contributed by atoms with Crippen molar-refractivity contribution < 1.29 is 22.7 Å². The highest BCUT2D eigenvalue weighted by Gasteiger charge is 2.26. The number of benzene rings is 1. The monoisotopic (exact) mass is 260 g/mol. The van der Waals surface area contributed by atoms with Gasteiger partial charge in [-0.3, -0.25) is 4.79 Å². The van der Waals surface area contributed by atoms with E-state index in [1.807, 2.05) is 0 Å². The molecule has 0 aliphatic carbocycles. The molecular formula is C13H15F3O2. The summed E-state index contributed by atoms with van der Waals surface area (Å²) in [5, 5.41) is 0. The lowest BCUT2D eigenvalue weighted by molar-refractivity contribution is -0.138. The van der Waals surface area contributed by atoms with Crippen LogP contribution in [0.2, 0.25) is 0 Å². The number of rotatable bonds is 6. The van der Waals surface area contributed by atoms with Crippen LogP contribution in [-0.4, -0.2) is 24.7 Å². The molecule has 0 aromatic heterocycles. The molecule has 1 unspecified atom stereocenters. The molecular weight excluding hydrogens is 245 g/mol. The molecule has 1 rings (SSSR count). The standard InChI is InChI=1S/C13H15F3O2/c1-10(18-9-5-8-13(14,15)16)12(17)11-6-3-2-4-7-11/h2-4,6-7,10H,5,8-9H2,1H3. The van der Waals surface area contributed by atoms with Gasteiger partial charge in [-0.2, -0.15) is 13.2 Å². The van der Waals surface area contributed by atoms with E-state index in [0.29, 0.717) is 5.56 Å². The Balaban J connectivity index is 2.33. The fourth-order valence-corrected chi connectivity index (χ4v) is 1.45. The first-order valence-corrected chi connectivity index (χ1v) is 5.68. The minimum Gasteiger partial charge on any atom is -0.370 e. The van der Waals surface area contributed by atoms with Gasteiger partial charge in [0.15, 0.2) is 5.78 Å². The molecule has 0 amide bonds. The predicted molar refractivity (Wildman–Crippen MR) is 61.5 cm³/mol. The van der Waals surface area contributed by atoms with Crippen LogP contribution in [0.1, 0.15) is 30.1 Å². The van der Waals surface area contributed by atoms with Crippen LogP contribution in [-0.2, 0) is 4.74 Å². The third-order valence-corrected chi connectivity index (χ3v) is 2.40. The minimum atomic E-state index is -4.17. The van der Waals surface area contributed by atoms with Gasteiger partial charge < -0.3 is 4.74 Å². The van der Waals surface area contributed by atoms with E-state index in [4.69, 9.17) is 4.74 Å². The van der Waals surface area contributed by atoms with Gasteiger partial charge in [0, 0.05) is 18.6 Å².